The van der Waals surface area contributed by atoms with Crippen molar-refractivity contribution < 1.29 is 19.1 Å². The molecule has 1 atom stereocenters. The third-order valence-corrected chi connectivity index (χ3v) is 5.95. The van der Waals surface area contributed by atoms with E-state index in [0.29, 0.717) is 30.5 Å². The van der Waals surface area contributed by atoms with Gasteiger partial charge in [0.15, 0.2) is 0 Å². The van der Waals surface area contributed by atoms with Gasteiger partial charge in [-0.2, -0.15) is 4.52 Å². The summed E-state index contributed by atoms with van der Waals surface area (Å²) in [4.78, 5) is 20.0. The standard InChI is InChI=1S/C18H22N4O4S/c1-3-25-17(24)12-6-8-21(9-7-12)14(13-5-4-10-26-13)15-16(23)22-18(27-15)19-11(2)20-22/h4-5,10,12,14,23H,3,6-9H2,1-2H3/t14-/m1/s1. The topological polar surface area (TPSA) is 93.1 Å². The fourth-order valence-corrected chi connectivity index (χ4v) is 4.74. The zero-order chi connectivity index (χ0) is 19.0. The van der Waals surface area contributed by atoms with Gasteiger partial charge in [0.25, 0.3) is 0 Å². The van der Waals surface area contributed by atoms with Crippen molar-refractivity contribution in [3.63, 3.8) is 0 Å². The van der Waals surface area contributed by atoms with Crippen molar-refractivity contribution in [3.05, 3.63) is 34.9 Å². The first kappa shape index (κ1) is 18.0. The Morgan fingerprint density at radius 2 is 2.26 bits per heavy atom. The van der Waals surface area contributed by atoms with Gasteiger partial charge in [0.2, 0.25) is 10.8 Å². The van der Waals surface area contributed by atoms with E-state index >= 15 is 0 Å². The van der Waals surface area contributed by atoms with Crippen LogP contribution in [0.5, 0.6) is 5.88 Å². The molecule has 0 aromatic carbocycles. The van der Waals surface area contributed by atoms with Crippen LogP contribution in [-0.2, 0) is 9.53 Å². The molecular formula is C18H22N4O4S. The van der Waals surface area contributed by atoms with Gasteiger partial charge < -0.3 is 14.3 Å². The maximum atomic E-state index is 12.0. The van der Waals surface area contributed by atoms with Crippen molar-refractivity contribution in [2.75, 3.05) is 19.7 Å². The number of carbonyl (C=O) groups is 1. The summed E-state index contributed by atoms with van der Waals surface area (Å²) in [6, 6.07) is 3.51. The number of hydrogen-bond donors (Lipinski definition) is 1. The minimum Gasteiger partial charge on any atom is -0.492 e. The number of aryl methyl sites for hydroxylation is 1. The van der Waals surface area contributed by atoms with Crippen LogP contribution in [0, 0.1) is 12.8 Å². The van der Waals surface area contributed by atoms with Crippen molar-refractivity contribution in [1.82, 2.24) is 19.5 Å². The molecule has 1 aliphatic rings. The van der Waals surface area contributed by atoms with Gasteiger partial charge in [0.1, 0.15) is 17.6 Å². The van der Waals surface area contributed by atoms with Gasteiger partial charge in [-0.15, -0.1) is 5.10 Å². The Labute approximate surface area is 160 Å². The lowest BCUT2D eigenvalue weighted by Gasteiger charge is -2.35. The molecule has 4 rings (SSSR count). The molecule has 0 amide bonds. The lowest BCUT2D eigenvalue weighted by Crippen LogP contribution is -2.39. The maximum Gasteiger partial charge on any atom is 0.309 e. The smallest absolute Gasteiger partial charge is 0.309 e. The Morgan fingerprint density at radius 1 is 1.48 bits per heavy atom. The number of piperidine rings is 1. The van der Waals surface area contributed by atoms with Crippen LogP contribution in [0.1, 0.15) is 42.3 Å². The Balaban J connectivity index is 1.62. The minimum absolute atomic E-state index is 0.0722. The number of likely N-dealkylation sites (tertiary alicyclic amines) is 1. The van der Waals surface area contributed by atoms with Crippen molar-refractivity contribution in [1.29, 1.82) is 0 Å². The Hall–Kier alpha value is -2.39. The number of furan rings is 1. The molecule has 1 aliphatic heterocycles. The number of esters is 1. The molecule has 0 aliphatic carbocycles. The Morgan fingerprint density at radius 3 is 2.89 bits per heavy atom. The molecule has 0 radical (unpaired) electrons. The Kier molecular flexibility index (Phi) is 4.88. The van der Waals surface area contributed by atoms with Crippen molar-refractivity contribution in [3.8, 4) is 5.88 Å². The predicted molar refractivity (Wildman–Crippen MR) is 98.7 cm³/mol. The number of ether oxygens (including phenoxy) is 1. The summed E-state index contributed by atoms with van der Waals surface area (Å²) in [7, 11) is 0. The fourth-order valence-electron chi connectivity index (χ4n) is 3.60. The average molecular weight is 390 g/mol. The molecule has 8 nitrogen and oxygen atoms in total. The summed E-state index contributed by atoms with van der Waals surface area (Å²) in [6.07, 6.45) is 3.07. The highest BCUT2D eigenvalue weighted by Gasteiger charge is 2.35. The molecule has 1 saturated heterocycles. The van der Waals surface area contributed by atoms with Crippen molar-refractivity contribution >= 4 is 22.3 Å². The molecule has 1 N–H and O–H groups in total. The van der Waals surface area contributed by atoms with Crippen LogP contribution in [0.3, 0.4) is 0 Å². The Bertz CT molecular complexity index is 925. The number of nitrogens with zero attached hydrogens (tertiary/aromatic N) is 4. The molecule has 0 bridgehead atoms. The molecule has 4 heterocycles. The molecular weight excluding hydrogens is 368 g/mol. The number of aromatic hydroxyl groups is 1. The van der Waals surface area contributed by atoms with Crippen LogP contribution in [0.15, 0.2) is 22.8 Å². The van der Waals surface area contributed by atoms with Crippen LogP contribution in [0.4, 0.5) is 0 Å². The normalized spacial score (nSPS) is 17.4. The number of thiazole rings is 1. The van der Waals surface area contributed by atoms with Crippen LogP contribution in [0.2, 0.25) is 0 Å². The molecule has 0 unspecified atom stereocenters. The van der Waals surface area contributed by atoms with Gasteiger partial charge >= 0.3 is 5.97 Å². The summed E-state index contributed by atoms with van der Waals surface area (Å²) < 4.78 is 12.3. The van der Waals surface area contributed by atoms with Crippen LogP contribution < -0.4 is 0 Å². The summed E-state index contributed by atoms with van der Waals surface area (Å²) in [5.41, 5.74) is 0. The van der Waals surface area contributed by atoms with Gasteiger partial charge in [-0.3, -0.25) is 9.69 Å². The lowest BCUT2D eigenvalue weighted by molar-refractivity contribution is -0.149. The van der Waals surface area contributed by atoms with E-state index in [1.807, 2.05) is 19.1 Å². The number of rotatable bonds is 5. The molecule has 0 saturated carbocycles. The third-order valence-electron chi connectivity index (χ3n) is 4.88. The fraction of sp³-hybridized carbons (Fsp3) is 0.500. The number of aromatic nitrogens is 3. The molecule has 144 valence electrons. The highest BCUT2D eigenvalue weighted by Crippen LogP contribution is 2.41. The average Bonchev–Trinajstić information content (AvgIpc) is 3.36. The van der Waals surface area contributed by atoms with E-state index in [-0.39, 0.29) is 23.8 Å². The maximum absolute atomic E-state index is 12.0. The van der Waals surface area contributed by atoms with Crippen LogP contribution in [-0.4, -0.2) is 50.3 Å². The van der Waals surface area contributed by atoms with E-state index in [4.69, 9.17) is 9.15 Å². The van der Waals surface area contributed by atoms with Gasteiger partial charge in [-0.05, 0) is 38.8 Å². The monoisotopic (exact) mass is 390 g/mol. The summed E-state index contributed by atoms with van der Waals surface area (Å²) >= 11 is 1.41. The third kappa shape index (κ3) is 3.32. The van der Waals surface area contributed by atoms with E-state index in [2.05, 4.69) is 15.0 Å². The summed E-state index contributed by atoms with van der Waals surface area (Å²) in [5.74, 6) is 1.26. The quantitative estimate of drug-likeness (QED) is 0.670. The largest absolute Gasteiger partial charge is 0.492 e. The first-order valence-corrected chi connectivity index (χ1v) is 9.89. The van der Waals surface area contributed by atoms with Gasteiger partial charge in [-0.25, -0.2) is 4.98 Å². The molecule has 27 heavy (non-hydrogen) atoms. The van der Waals surface area contributed by atoms with E-state index in [0.717, 1.165) is 23.5 Å². The molecule has 9 heteroatoms. The SMILES string of the molecule is CCOC(=O)C1CCN([C@H](c2ccco2)c2sc3nc(C)nn3c2O)CC1. The second-order valence-corrected chi connectivity index (χ2v) is 7.63. The number of carbonyl (C=O) groups excluding carboxylic acids is 1. The van der Waals surface area contributed by atoms with Crippen molar-refractivity contribution in [2.24, 2.45) is 5.92 Å². The number of fused-ring (bicyclic) bond motifs is 1. The van der Waals surface area contributed by atoms with Crippen molar-refractivity contribution in [2.45, 2.75) is 32.7 Å². The summed E-state index contributed by atoms with van der Waals surface area (Å²) in [6.45, 7) is 5.44. The van der Waals surface area contributed by atoms with E-state index in [9.17, 15) is 9.90 Å². The molecule has 3 aromatic heterocycles. The minimum atomic E-state index is -0.239. The molecule has 3 aromatic rings. The summed E-state index contributed by atoms with van der Waals surface area (Å²) in [5, 5.41) is 15.0. The highest BCUT2D eigenvalue weighted by atomic mass is 32.1. The van der Waals surface area contributed by atoms with Gasteiger partial charge in [0, 0.05) is 13.1 Å². The second-order valence-electron chi connectivity index (χ2n) is 6.62. The highest BCUT2D eigenvalue weighted by molar-refractivity contribution is 7.17. The van der Waals surface area contributed by atoms with Gasteiger partial charge in [-0.1, -0.05) is 11.3 Å². The van der Waals surface area contributed by atoms with E-state index < -0.39 is 0 Å². The molecule has 0 spiro atoms. The predicted octanol–water partition coefficient (Wildman–Crippen LogP) is 2.76. The molecule has 1 fully saturated rings. The number of hydrogen-bond acceptors (Lipinski definition) is 8. The lowest BCUT2D eigenvalue weighted by atomic mass is 9.95. The van der Waals surface area contributed by atoms with Crippen LogP contribution in [0.25, 0.3) is 4.96 Å². The first-order valence-electron chi connectivity index (χ1n) is 9.07. The second kappa shape index (κ2) is 7.32. The van der Waals surface area contributed by atoms with Crippen LogP contribution >= 0.6 is 11.3 Å². The van der Waals surface area contributed by atoms with Gasteiger partial charge in [0.05, 0.1) is 23.7 Å². The zero-order valence-corrected chi connectivity index (χ0v) is 16.1. The van der Waals surface area contributed by atoms with E-state index in [1.54, 1.807) is 13.2 Å². The van der Waals surface area contributed by atoms with E-state index in [1.165, 1.54) is 15.9 Å². The first-order chi connectivity index (χ1) is 13.1. The zero-order valence-electron chi connectivity index (χ0n) is 15.3.